The summed E-state index contributed by atoms with van der Waals surface area (Å²) in [5.74, 6) is 5.65. The molecule has 673 valence electrons. The maximum absolute atomic E-state index is 12.8. The number of ether oxygens (including phenoxy) is 30. The maximum Gasteiger partial charge on any atom is 0.564 e. The van der Waals surface area contributed by atoms with Gasteiger partial charge in [0.05, 0.1) is 383 Å². The van der Waals surface area contributed by atoms with E-state index in [9.17, 15) is 8.76 Å². The van der Waals surface area contributed by atoms with Crippen molar-refractivity contribution in [3.63, 3.8) is 0 Å². The minimum atomic E-state index is -4.68. The van der Waals surface area contributed by atoms with E-state index in [4.69, 9.17) is 152 Å². The van der Waals surface area contributed by atoms with Gasteiger partial charge in [0.15, 0.2) is 12.2 Å². The van der Waals surface area contributed by atoms with Crippen molar-refractivity contribution in [3.05, 3.63) is 35.4 Å². The highest BCUT2D eigenvalue weighted by molar-refractivity contribution is 7.88. The van der Waals surface area contributed by atoms with Crippen molar-refractivity contribution in [2.45, 2.75) is 77.4 Å². The number of allylic oxidation sites excluding steroid dienone is 1. The van der Waals surface area contributed by atoms with Crippen LogP contribution in [0.4, 0.5) is 0 Å². The van der Waals surface area contributed by atoms with Crippen LogP contribution in [0.3, 0.4) is 0 Å². The van der Waals surface area contributed by atoms with Crippen molar-refractivity contribution >= 4 is 16.9 Å². The predicted molar refractivity (Wildman–Crippen MR) is 420 cm³/mol. The molecule has 0 amide bonds. The molecule has 3 atom stereocenters. The molecule has 1 aliphatic rings. The van der Waals surface area contributed by atoms with Gasteiger partial charge in [-0.2, -0.15) is 5.90 Å². The molecule has 1 aliphatic heterocycles. The summed E-state index contributed by atoms with van der Waals surface area (Å²) in [6.07, 6.45) is 10.9. The normalized spacial score (nSPS) is 23.3. The van der Waals surface area contributed by atoms with Crippen LogP contribution in [-0.2, 0) is 172 Å². The van der Waals surface area contributed by atoms with Crippen LogP contribution in [0.2, 0.25) is 0 Å². The Morgan fingerprint density at radius 1 is 0.307 bits per heavy atom. The van der Waals surface area contributed by atoms with Gasteiger partial charge in [0.1, 0.15) is 10.3 Å². The summed E-state index contributed by atoms with van der Waals surface area (Å²) in [4.78, 5) is 0. The number of aryl methyl sites for hydroxylation is 1. The van der Waals surface area contributed by atoms with Crippen LogP contribution in [0, 0.1) is 0 Å². The first-order chi connectivity index (χ1) is 56.5. The Hall–Kier alpha value is -2.41. The lowest BCUT2D eigenvalue weighted by Gasteiger charge is -2.26. The van der Waals surface area contributed by atoms with E-state index in [1.54, 1.807) is 0 Å². The van der Waals surface area contributed by atoms with Gasteiger partial charge in [0.25, 0.3) is 0 Å². The van der Waals surface area contributed by atoms with Crippen molar-refractivity contribution in [1.29, 1.82) is 0 Å². The van der Waals surface area contributed by atoms with Crippen molar-refractivity contribution in [2.75, 3.05) is 383 Å². The van der Waals surface area contributed by atoms with Gasteiger partial charge in [0.2, 0.25) is 0 Å². The summed E-state index contributed by atoms with van der Waals surface area (Å²) in [5, 5.41) is 0. The summed E-state index contributed by atoms with van der Waals surface area (Å²) in [5.41, 5.74) is 1.98. The summed E-state index contributed by atoms with van der Waals surface area (Å²) >= 11 is 0. The summed E-state index contributed by atoms with van der Waals surface area (Å²) in [6.45, 7) is 27.2. The fraction of sp³-hybridized carbons (Fsp3) is 0.897. The highest BCUT2D eigenvalue weighted by atomic mass is 32.3. The molecule has 2 rings (SSSR count). The van der Waals surface area contributed by atoms with Crippen LogP contribution in [0.15, 0.2) is 24.3 Å². The van der Waals surface area contributed by atoms with E-state index in [-0.39, 0.29) is 46.2 Å². The zero-order valence-electron chi connectivity index (χ0n) is 69.1. The van der Waals surface area contributed by atoms with Crippen molar-refractivity contribution in [1.82, 2.24) is 0 Å². The molecular formula is C78H147NO34S+. The molecule has 1 aromatic rings. The molecule has 114 heavy (non-hydrogen) atoms. The first-order valence-corrected chi connectivity index (χ1v) is 42.3. The molecular weight excluding hydrogens is 1530 g/mol. The summed E-state index contributed by atoms with van der Waals surface area (Å²) in [6, 6.07) is 5.99. The van der Waals surface area contributed by atoms with Crippen LogP contribution < -0.4 is 10.6 Å². The molecule has 36 heteroatoms. The summed E-state index contributed by atoms with van der Waals surface area (Å²) in [7, 11) is -4.68. The molecule has 1 aromatic carbocycles. The molecule has 1 fully saturated rings. The second kappa shape index (κ2) is 89.8. The maximum atomic E-state index is 12.8. The van der Waals surface area contributed by atoms with Crippen LogP contribution >= 0.6 is 0 Å². The smallest absolute Gasteiger partial charge is 0.484 e. The molecule has 1 saturated heterocycles. The monoisotopic (exact) mass is 1670 g/mol. The molecule has 1 heterocycles. The fourth-order valence-electron chi connectivity index (χ4n) is 9.66. The molecule has 0 aromatic heterocycles. The Bertz CT molecular complexity index is 2150. The van der Waals surface area contributed by atoms with Crippen LogP contribution in [0.5, 0.6) is 5.75 Å². The Balaban J connectivity index is 1.70. The molecule has 3 unspecified atom stereocenters. The first-order valence-electron chi connectivity index (χ1n) is 41.0. The molecule has 35 nitrogen and oxygen atoms in total. The third-order valence-electron chi connectivity index (χ3n) is 15.5. The second-order valence-corrected chi connectivity index (χ2v) is 25.9. The van der Waals surface area contributed by atoms with E-state index in [0.717, 1.165) is 30.4 Å². The topological polar surface area (TPSA) is 358 Å². The Morgan fingerprint density at radius 3 is 0.719 bits per heavy atom. The van der Waals surface area contributed by atoms with Gasteiger partial charge in [-0.15, -0.1) is 4.18 Å². The Labute approximate surface area is 681 Å². The standard InChI is InChI=1S/C78H147NO34S/c1-3-5-6-7-8-9-10-12-74-13-14-76(75(71-74)11-4-2)111-77-72-109-69-67-107-65-63-105-61-59-103-57-55-101-53-51-99-49-47-97-45-43-95-41-39-93-37-35-91-33-31-89-29-27-87-25-23-85-21-19-83-17-15-82-16-18-84-20-22-86-24-26-88-28-30-90-32-34-92-36-38-94-40-42-96-44-46-98-48-50-100-52-54-102-56-58-104-60-62-106-64-66-108-68-70-110-73-78(77)112-114(80,81)113-79/h4,11,13-14,71,77-78H,3,5-10,12,15-70,72-73,79H2,1-2H3/q+1/b11-4+. The molecule has 0 spiro atoms. The lowest BCUT2D eigenvalue weighted by molar-refractivity contribution is -0.0717. The van der Waals surface area contributed by atoms with E-state index in [1.165, 1.54) is 32.1 Å². The van der Waals surface area contributed by atoms with Crippen LogP contribution in [-0.4, -0.2) is 395 Å². The fourth-order valence-corrected chi connectivity index (χ4v) is 10.2. The molecule has 0 bridgehead atoms. The van der Waals surface area contributed by atoms with Gasteiger partial charge in [0, 0.05) is 9.77 Å². The number of nitrogens with two attached hydrogens (primary N) is 1. The van der Waals surface area contributed by atoms with E-state index >= 15 is 0 Å². The van der Waals surface area contributed by atoms with Crippen molar-refractivity contribution < 1.29 is 159 Å². The number of hydrogen-bond acceptors (Lipinski definition) is 34. The van der Waals surface area contributed by atoms with Gasteiger partial charge in [-0.05, 0) is 41.7 Å². The highest BCUT2D eigenvalue weighted by Gasteiger charge is 2.42. The van der Waals surface area contributed by atoms with Gasteiger partial charge < -0.3 is 142 Å². The summed E-state index contributed by atoms with van der Waals surface area (Å²) < 4.78 is 204. The zero-order chi connectivity index (χ0) is 81.2. The Morgan fingerprint density at radius 2 is 0.509 bits per heavy atom. The largest absolute Gasteiger partial charge is 0.564 e. The first kappa shape index (κ1) is 108. The van der Waals surface area contributed by atoms with Gasteiger partial charge in [-0.1, -0.05) is 63.7 Å². The lowest BCUT2D eigenvalue weighted by atomic mass is 10.0. The van der Waals surface area contributed by atoms with E-state index in [2.05, 4.69) is 17.3 Å². The van der Waals surface area contributed by atoms with Crippen molar-refractivity contribution in [2.24, 2.45) is 5.90 Å². The predicted octanol–water partition coefficient (Wildman–Crippen LogP) is 5.21. The van der Waals surface area contributed by atoms with E-state index in [1.807, 2.05) is 31.2 Å². The highest BCUT2D eigenvalue weighted by Crippen LogP contribution is 2.27. The second-order valence-electron chi connectivity index (χ2n) is 24.7. The molecule has 0 saturated carbocycles. The number of unbranched alkanes of at least 4 members (excludes halogenated alkanes) is 6. The lowest BCUT2D eigenvalue weighted by Crippen LogP contribution is -2.44. The van der Waals surface area contributed by atoms with Gasteiger partial charge >= 0.3 is 10.8 Å². The third-order valence-corrected chi connectivity index (χ3v) is 16.2. The van der Waals surface area contributed by atoms with Gasteiger partial charge in [-0.25, -0.2) is 0 Å². The van der Waals surface area contributed by atoms with Crippen molar-refractivity contribution in [3.8, 4) is 5.75 Å². The molecule has 0 aliphatic carbocycles. The van der Waals surface area contributed by atoms with Crippen LogP contribution in [0.25, 0.3) is 6.08 Å². The molecule has 2 N–H and O–H groups in total. The number of hydrogen-bond donors (Lipinski definition) is 1. The number of rotatable bonds is 14. The minimum absolute atomic E-state index is 0.0941. The SMILES string of the molecule is C/C=C/c1cc(CCCCCCCCC)ccc1OC1COCCOCCOCCOCCOCCOCCOCCOCCOCCOCCOCCOCCOCCOCCOCCOCCOCCOCCOCCOCCOCCOCCOCCOCCOCCOCCOCCOCCOCC1O[S+]([O])(=O)ON. The van der Waals surface area contributed by atoms with E-state index < -0.39 is 23.0 Å². The average molecular weight is 1680 g/mol. The average Bonchev–Trinajstić information content (AvgIpc) is 0.835. The Kier molecular flexibility index (Phi) is 84.8. The van der Waals surface area contributed by atoms with Gasteiger partial charge in [-0.3, -0.25) is 0 Å². The van der Waals surface area contributed by atoms with Crippen LogP contribution in [0.1, 0.15) is 69.9 Å². The zero-order valence-corrected chi connectivity index (χ0v) is 69.9. The van der Waals surface area contributed by atoms with E-state index in [0.29, 0.717) is 343 Å². The number of benzene rings is 1. The molecule has 1 radical (unpaired) electrons. The third kappa shape index (κ3) is 78.2. The minimum Gasteiger partial charge on any atom is -0.484 e. The quantitative estimate of drug-likeness (QED) is 0.142.